The van der Waals surface area contributed by atoms with Crippen molar-refractivity contribution in [2.45, 2.75) is 23.2 Å². The largest absolute Gasteiger partial charge is 0.327 e. The number of aromatic nitrogens is 1. The van der Waals surface area contributed by atoms with Crippen molar-refractivity contribution >= 4 is 23.4 Å². The van der Waals surface area contributed by atoms with Gasteiger partial charge in [-0.2, -0.15) is 0 Å². The van der Waals surface area contributed by atoms with Crippen LogP contribution in [0.4, 0.5) is 4.39 Å². The van der Waals surface area contributed by atoms with Crippen LogP contribution in [0, 0.1) is 5.82 Å². The molecular formula is C14H14ClFN2S. The van der Waals surface area contributed by atoms with E-state index >= 15 is 0 Å². The van der Waals surface area contributed by atoms with Crippen LogP contribution < -0.4 is 5.73 Å². The van der Waals surface area contributed by atoms with Crippen molar-refractivity contribution in [3.63, 3.8) is 0 Å². The quantitative estimate of drug-likeness (QED) is 0.865. The fourth-order valence-corrected chi connectivity index (χ4v) is 3.02. The van der Waals surface area contributed by atoms with Gasteiger partial charge in [0.2, 0.25) is 0 Å². The van der Waals surface area contributed by atoms with Crippen molar-refractivity contribution in [2.75, 3.05) is 0 Å². The Balaban J connectivity index is 2.26. The van der Waals surface area contributed by atoms with Crippen molar-refractivity contribution < 1.29 is 4.39 Å². The molecule has 0 saturated heterocycles. The Morgan fingerprint density at radius 1 is 1.26 bits per heavy atom. The lowest BCUT2D eigenvalue weighted by Crippen LogP contribution is -2.22. The molecule has 0 amide bonds. The third-order valence-corrected chi connectivity index (χ3v) is 4.56. The van der Waals surface area contributed by atoms with Crippen molar-refractivity contribution in [3.05, 3.63) is 59.0 Å². The van der Waals surface area contributed by atoms with E-state index in [-0.39, 0.29) is 17.1 Å². The standard InChI is InChI=1S/C14H14ClFN2S/c1-9(17)13(10-4-6-11(16)7-5-10)19-14-12(15)3-2-8-18-14/h2-9,13H,17H2,1H3. The molecule has 1 aromatic heterocycles. The van der Waals surface area contributed by atoms with E-state index in [0.29, 0.717) is 5.02 Å². The zero-order valence-electron chi connectivity index (χ0n) is 10.4. The summed E-state index contributed by atoms with van der Waals surface area (Å²) in [6.07, 6.45) is 1.69. The van der Waals surface area contributed by atoms with Gasteiger partial charge < -0.3 is 5.73 Å². The summed E-state index contributed by atoms with van der Waals surface area (Å²) in [5, 5.41) is 1.31. The number of hydrogen-bond acceptors (Lipinski definition) is 3. The first-order valence-electron chi connectivity index (χ1n) is 5.86. The van der Waals surface area contributed by atoms with Crippen molar-refractivity contribution in [2.24, 2.45) is 5.73 Å². The molecule has 2 aromatic rings. The van der Waals surface area contributed by atoms with Crippen LogP contribution >= 0.6 is 23.4 Å². The molecule has 1 heterocycles. The third-order valence-electron chi connectivity index (χ3n) is 2.64. The number of nitrogens with two attached hydrogens (primary N) is 1. The fourth-order valence-electron chi connectivity index (χ4n) is 1.71. The Morgan fingerprint density at radius 2 is 1.95 bits per heavy atom. The van der Waals surface area contributed by atoms with Crippen molar-refractivity contribution in [3.8, 4) is 0 Å². The number of hydrogen-bond donors (Lipinski definition) is 1. The number of rotatable bonds is 4. The predicted molar refractivity (Wildman–Crippen MR) is 77.9 cm³/mol. The van der Waals surface area contributed by atoms with Gasteiger partial charge in [0.1, 0.15) is 10.8 Å². The minimum atomic E-state index is -0.256. The second-order valence-electron chi connectivity index (χ2n) is 4.24. The van der Waals surface area contributed by atoms with E-state index in [2.05, 4.69) is 4.98 Å². The summed E-state index contributed by atoms with van der Waals surface area (Å²) in [5.41, 5.74) is 6.98. The lowest BCUT2D eigenvalue weighted by Gasteiger charge is -2.20. The first-order chi connectivity index (χ1) is 9.08. The van der Waals surface area contributed by atoms with Gasteiger partial charge >= 0.3 is 0 Å². The smallest absolute Gasteiger partial charge is 0.123 e. The molecular weight excluding hydrogens is 283 g/mol. The van der Waals surface area contributed by atoms with Crippen LogP contribution in [0.2, 0.25) is 5.02 Å². The van der Waals surface area contributed by atoms with Crippen LogP contribution in [0.1, 0.15) is 17.7 Å². The van der Waals surface area contributed by atoms with Crippen LogP contribution in [0.5, 0.6) is 0 Å². The van der Waals surface area contributed by atoms with Gasteiger partial charge in [-0.1, -0.05) is 35.5 Å². The Hall–Kier alpha value is -1.10. The highest BCUT2D eigenvalue weighted by atomic mass is 35.5. The van der Waals surface area contributed by atoms with Gasteiger partial charge in [-0.3, -0.25) is 0 Å². The average molecular weight is 297 g/mol. The molecule has 100 valence electrons. The summed E-state index contributed by atoms with van der Waals surface area (Å²) < 4.78 is 13.0. The lowest BCUT2D eigenvalue weighted by atomic mass is 10.1. The average Bonchev–Trinajstić information content (AvgIpc) is 2.39. The second-order valence-corrected chi connectivity index (χ2v) is 5.78. The zero-order valence-corrected chi connectivity index (χ0v) is 12.0. The second kappa shape index (κ2) is 6.37. The maximum absolute atomic E-state index is 13.0. The minimum Gasteiger partial charge on any atom is -0.327 e. The Bertz CT molecular complexity index is 545. The van der Waals surface area contributed by atoms with Crippen LogP contribution in [0.25, 0.3) is 0 Å². The summed E-state index contributed by atoms with van der Waals surface area (Å²) in [5.74, 6) is -0.256. The number of benzene rings is 1. The minimum absolute atomic E-state index is 0.0204. The highest BCUT2D eigenvalue weighted by Crippen LogP contribution is 2.38. The molecule has 5 heteroatoms. The molecule has 0 radical (unpaired) electrons. The summed E-state index contributed by atoms with van der Waals surface area (Å²) in [6.45, 7) is 1.91. The summed E-state index contributed by atoms with van der Waals surface area (Å²) in [4.78, 5) is 4.24. The van der Waals surface area contributed by atoms with Gasteiger partial charge in [-0.25, -0.2) is 9.37 Å². The molecule has 1 aromatic carbocycles. The zero-order chi connectivity index (χ0) is 13.8. The molecule has 0 aliphatic rings. The molecule has 0 bridgehead atoms. The Kier molecular flexibility index (Phi) is 4.80. The molecule has 2 rings (SSSR count). The molecule has 0 saturated carbocycles. The normalized spacial score (nSPS) is 14.1. The highest BCUT2D eigenvalue weighted by Gasteiger charge is 2.19. The van der Waals surface area contributed by atoms with Gasteiger partial charge in [0, 0.05) is 12.2 Å². The number of nitrogens with zero attached hydrogens (tertiary/aromatic N) is 1. The van der Waals surface area contributed by atoms with Crippen LogP contribution in [-0.2, 0) is 0 Å². The number of pyridine rings is 1. The highest BCUT2D eigenvalue weighted by molar-refractivity contribution is 7.99. The van der Waals surface area contributed by atoms with Gasteiger partial charge in [-0.15, -0.1) is 0 Å². The molecule has 0 fully saturated rings. The van der Waals surface area contributed by atoms with Crippen LogP contribution in [0.3, 0.4) is 0 Å². The molecule has 19 heavy (non-hydrogen) atoms. The molecule has 0 aliphatic heterocycles. The molecule has 2 N–H and O–H groups in total. The monoisotopic (exact) mass is 296 g/mol. The topological polar surface area (TPSA) is 38.9 Å². The third kappa shape index (κ3) is 3.69. The maximum atomic E-state index is 13.0. The van der Waals surface area contributed by atoms with Crippen LogP contribution in [-0.4, -0.2) is 11.0 Å². The molecule has 0 spiro atoms. The van der Waals surface area contributed by atoms with E-state index in [9.17, 15) is 4.39 Å². The molecule has 2 atom stereocenters. The first-order valence-corrected chi connectivity index (χ1v) is 7.12. The number of halogens is 2. The first kappa shape index (κ1) is 14.3. The maximum Gasteiger partial charge on any atom is 0.123 e. The Morgan fingerprint density at radius 3 is 2.53 bits per heavy atom. The molecule has 0 aliphatic carbocycles. The summed E-state index contributed by atoms with van der Waals surface area (Å²) >= 11 is 7.59. The lowest BCUT2D eigenvalue weighted by molar-refractivity contribution is 0.625. The Labute approximate surface area is 121 Å². The SMILES string of the molecule is CC(N)C(Sc1ncccc1Cl)c1ccc(F)cc1. The fraction of sp³-hybridized carbons (Fsp3) is 0.214. The van der Waals surface area contributed by atoms with Gasteiger partial charge in [-0.05, 0) is 36.8 Å². The number of thioether (sulfide) groups is 1. The van der Waals surface area contributed by atoms with E-state index in [1.165, 1.54) is 23.9 Å². The van der Waals surface area contributed by atoms with E-state index in [1.807, 2.05) is 6.92 Å². The summed E-state index contributed by atoms with van der Waals surface area (Å²) in [7, 11) is 0. The van der Waals surface area contributed by atoms with Crippen molar-refractivity contribution in [1.29, 1.82) is 0 Å². The van der Waals surface area contributed by atoms with E-state index in [0.717, 1.165) is 10.6 Å². The predicted octanol–water partition coefficient (Wildman–Crippen LogP) is 4.05. The molecule has 2 nitrogen and oxygen atoms in total. The van der Waals surface area contributed by atoms with Gasteiger partial charge in [0.05, 0.1) is 10.3 Å². The van der Waals surface area contributed by atoms with Gasteiger partial charge in [0.25, 0.3) is 0 Å². The van der Waals surface area contributed by atoms with E-state index in [1.54, 1.807) is 30.5 Å². The van der Waals surface area contributed by atoms with Crippen LogP contribution in [0.15, 0.2) is 47.6 Å². The molecule has 2 unspecified atom stereocenters. The van der Waals surface area contributed by atoms with E-state index in [4.69, 9.17) is 17.3 Å². The van der Waals surface area contributed by atoms with E-state index < -0.39 is 0 Å². The van der Waals surface area contributed by atoms with Gasteiger partial charge in [0.15, 0.2) is 0 Å². The summed E-state index contributed by atoms with van der Waals surface area (Å²) in [6, 6.07) is 9.83. The van der Waals surface area contributed by atoms with Crippen molar-refractivity contribution in [1.82, 2.24) is 4.98 Å².